The van der Waals surface area contributed by atoms with Gasteiger partial charge in [-0.1, -0.05) is 0 Å². The number of nitrogens with zero attached hydrogens (tertiary/aromatic N) is 1. The van der Waals surface area contributed by atoms with E-state index in [4.69, 9.17) is 14.2 Å². The highest BCUT2D eigenvalue weighted by molar-refractivity contribution is 5.54. The molecular weight excluding hydrogens is 268 g/mol. The molecule has 1 saturated heterocycles. The van der Waals surface area contributed by atoms with Gasteiger partial charge in [0.1, 0.15) is 13.2 Å². The van der Waals surface area contributed by atoms with Crippen LogP contribution in [-0.2, 0) is 6.54 Å². The Kier molecular flexibility index (Phi) is 3.95. The third-order valence-corrected chi connectivity index (χ3v) is 3.94. The molecule has 1 N–H and O–H groups in total. The summed E-state index contributed by atoms with van der Waals surface area (Å²) in [7, 11) is 1.67. The lowest BCUT2D eigenvalue weighted by atomic mass is 10.0. The van der Waals surface area contributed by atoms with Crippen LogP contribution in [0.15, 0.2) is 12.1 Å². The molecule has 0 aromatic heterocycles. The summed E-state index contributed by atoms with van der Waals surface area (Å²) in [5, 5.41) is 3.54. The van der Waals surface area contributed by atoms with Crippen molar-refractivity contribution >= 4 is 0 Å². The van der Waals surface area contributed by atoms with E-state index in [0.717, 1.165) is 43.4 Å². The number of methoxy groups -OCH3 is 1. The van der Waals surface area contributed by atoms with E-state index in [1.165, 1.54) is 5.56 Å². The van der Waals surface area contributed by atoms with E-state index in [1.54, 1.807) is 7.11 Å². The molecule has 5 heteroatoms. The summed E-state index contributed by atoms with van der Waals surface area (Å²) in [6.45, 7) is 9.67. The number of nitrogens with one attached hydrogen (secondary N) is 1. The van der Waals surface area contributed by atoms with Gasteiger partial charge in [0.15, 0.2) is 11.5 Å². The maximum absolute atomic E-state index is 5.70. The van der Waals surface area contributed by atoms with Gasteiger partial charge in [-0.15, -0.1) is 0 Å². The highest BCUT2D eigenvalue weighted by Crippen LogP contribution is 2.40. The maximum atomic E-state index is 5.70. The molecule has 0 bridgehead atoms. The maximum Gasteiger partial charge on any atom is 0.203 e. The van der Waals surface area contributed by atoms with E-state index < -0.39 is 0 Å². The van der Waals surface area contributed by atoms with Gasteiger partial charge in [0.2, 0.25) is 5.75 Å². The minimum absolute atomic E-state index is 0.163. The number of hydrogen-bond acceptors (Lipinski definition) is 5. The first-order valence-electron chi connectivity index (χ1n) is 7.51. The van der Waals surface area contributed by atoms with Crippen molar-refractivity contribution in [3.8, 4) is 17.2 Å². The molecule has 0 aliphatic carbocycles. The molecule has 0 spiro atoms. The topological polar surface area (TPSA) is 43.0 Å². The van der Waals surface area contributed by atoms with Crippen LogP contribution in [0.1, 0.15) is 19.4 Å². The molecule has 1 fully saturated rings. The van der Waals surface area contributed by atoms with Crippen molar-refractivity contribution < 1.29 is 14.2 Å². The highest BCUT2D eigenvalue weighted by atomic mass is 16.6. The summed E-state index contributed by atoms with van der Waals surface area (Å²) in [6, 6.07) is 4.13. The van der Waals surface area contributed by atoms with E-state index in [1.807, 2.05) is 0 Å². The number of hydrogen-bond donors (Lipinski definition) is 1. The van der Waals surface area contributed by atoms with Crippen molar-refractivity contribution in [1.29, 1.82) is 0 Å². The zero-order chi connectivity index (χ0) is 14.9. The van der Waals surface area contributed by atoms with Gasteiger partial charge < -0.3 is 19.5 Å². The Bertz CT molecular complexity index is 499. The molecule has 2 aliphatic rings. The molecule has 2 aliphatic heterocycles. The van der Waals surface area contributed by atoms with Gasteiger partial charge in [0, 0.05) is 31.7 Å². The molecule has 1 aromatic rings. The molecule has 5 nitrogen and oxygen atoms in total. The van der Waals surface area contributed by atoms with E-state index in [2.05, 4.69) is 36.2 Å². The first kappa shape index (κ1) is 14.5. The van der Waals surface area contributed by atoms with Gasteiger partial charge in [0.05, 0.1) is 7.11 Å². The third kappa shape index (κ3) is 3.24. The average molecular weight is 292 g/mol. The fraction of sp³-hybridized carbons (Fsp3) is 0.625. The van der Waals surface area contributed by atoms with Gasteiger partial charge >= 0.3 is 0 Å². The van der Waals surface area contributed by atoms with Crippen molar-refractivity contribution in [1.82, 2.24) is 10.2 Å². The molecule has 1 aromatic carbocycles. The second-order valence-corrected chi connectivity index (χ2v) is 6.34. The van der Waals surface area contributed by atoms with Crippen LogP contribution in [0.3, 0.4) is 0 Å². The molecule has 116 valence electrons. The van der Waals surface area contributed by atoms with E-state index in [-0.39, 0.29) is 5.54 Å². The molecule has 0 unspecified atom stereocenters. The minimum Gasteiger partial charge on any atom is -0.493 e. The monoisotopic (exact) mass is 292 g/mol. The van der Waals surface area contributed by atoms with Crippen LogP contribution in [0.2, 0.25) is 0 Å². The van der Waals surface area contributed by atoms with E-state index >= 15 is 0 Å². The molecular formula is C16H24N2O3. The summed E-state index contributed by atoms with van der Waals surface area (Å²) in [5.74, 6) is 2.29. The molecule has 21 heavy (non-hydrogen) atoms. The first-order chi connectivity index (χ1) is 10.1. The summed E-state index contributed by atoms with van der Waals surface area (Å²) < 4.78 is 16.8. The summed E-state index contributed by atoms with van der Waals surface area (Å²) in [5.41, 5.74) is 1.37. The number of piperazine rings is 1. The highest BCUT2D eigenvalue weighted by Gasteiger charge is 2.26. The number of benzene rings is 1. The van der Waals surface area contributed by atoms with E-state index in [0.29, 0.717) is 13.2 Å². The average Bonchev–Trinajstić information content (AvgIpc) is 2.45. The Labute approximate surface area is 126 Å². The Hall–Kier alpha value is -1.46. The standard InChI is InChI=1S/C16H24N2O3/c1-16(2)11-18(5-4-17-16)10-12-8-13(19-3)15-14(9-12)20-6-7-21-15/h8-9,17H,4-7,10-11H2,1-3H3. The lowest BCUT2D eigenvalue weighted by Crippen LogP contribution is -2.56. The fourth-order valence-corrected chi connectivity index (χ4v) is 3.06. The van der Waals surface area contributed by atoms with Crippen LogP contribution in [0.25, 0.3) is 0 Å². The lowest BCUT2D eigenvalue weighted by molar-refractivity contribution is 0.146. The zero-order valence-electron chi connectivity index (χ0n) is 13.1. The van der Waals surface area contributed by atoms with Crippen LogP contribution >= 0.6 is 0 Å². The smallest absolute Gasteiger partial charge is 0.203 e. The molecule has 2 heterocycles. The fourth-order valence-electron chi connectivity index (χ4n) is 3.06. The Balaban J connectivity index is 1.79. The van der Waals surface area contributed by atoms with Crippen LogP contribution < -0.4 is 19.5 Å². The van der Waals surface area contributed by atoms with E-state index in [9.17, 15) is 0 Å². The van der Waals surface area contributed by atoms with Crippen molar-refractivity contribution in [3.05, 3.63) is 17.7 Å². The Morgan fingerprint density at radius 3 is 2.86 bits per heavy atom. The Morgan fingerprint density at radius 1 is 1.29 bits per heavy atom. The summed E-state index contributed by atoms with van der Waals surface area (Å²) >= 11 is 0. The SMILES string of the molecule is COc1cc(CN2CCNC(C)(C)C2)cc2c1OCCO2. The zero-order valence-corrected chi connectivity index (χ0v) is 13.1. The first-order valence-corrected chi connectivity index (χ1v) is 7.51. The van der Waals surface area contributed by atoms with Crippen LogP contribution in [0, 0.1) is 0 Å². The molecule has 3 rings (SSSR count). The van der Waals surface area contributed by atoms with Gasteiger partial charge in [0.25, 0.3) is 0 Å². The number of fused-ring (bicyclic) bond motifs is 1. The predicted octanol–water partition coefficient (Wildman–Crippen LogP) is 1.65. The van der Waals surface area contributed by atoms with Gasteiger partial charge in [-0.05, 0) is 31.5 Å². The van der Waals surface area contributed by atoms with Gasteiger partial charge in [-0.2, -0.15) is 0 Å². The normalized spacial score (nSPS) is 21.1. The minimum atomic E-state index is 0.163. The van der Waals surface area contributed by atoms with Crippen molar-refractivity contribution in [2.45, 2.75) is 25.9 Å². The van der Waals surface area contributed by atoms with Crippen LogP contribution in [0.4, 0.5) is 0 Å². The van der Waals surface area contributed by atoms with Crippen LogP contribution in [-0.4, -0.2) is 50.4 Å². The summed E-state index contributed by atoms with van der Waals surface area (Å²) in [4.78, 5) is 2.46. The molecule has 0 amide bonds. The van der Waals surface area contributed by atoms with Crippen molar-refractivity contribution in [2.75, 3.05) is 40.0 Å². The summed E-state index contributed by atoms with van der Waals surface area (Å²) in [6.07, 6.45) is 0. The largest absolute Gasteiger partial charge is 0.493 e. The Morgan fingerprint density at radius 2 is 2.10 bits per heavy atom. The quantitative estimate of drug-likeness (QED) is 0.917. The number of rotatable bonds is 3. The molecule has 0 saturated carbocycles. The van der Waals surface area contributed by atoms with Crippen molar-refractivity contribution in [2.24, 2.45) is 0 Å². The number of ether oxygens (including phenoxy) is 3. The predicted molar refractivity (Wildman–Crippen MR) is 81.3 cm³/mol. The molecule has 0 radical (unpaired) electrons. The van der Waals surface area contributed by atoms with Gasteiger partial charge in [-0.3, -0.25) is 4.90 Å². The second-order valence-electron chi connectivity index (χ2n) is 6.34. The van der Waals surface area contributed by atoms with Gasteiger partial charge in [-0.25, -0.2) is 0 Å². The van der Waals surface area contributed by atoms with Crippen LogP contribution in [0.5, 0.6) is 17.2 Å². The third-order valence-electron chi connectivity index (χ3n) is 3.94. The second kappa shape index (κ2) is 5.73. The van der Waals surface area contributed by atoms with Crippen molar-refractivity contribution in [3.63, 3.8) is 0 Å². The lowest BCUT2D eigenvalue weighted by Gasteiger charge is -2.39. The molecule has 0 atom stereocenters.